The van der Waals surface area contributed by atoms with Crippen LogP contribution in [0, 0.1) is 0 Å². The highest BCUT2D eigenvalue weighted by atomic mass is 32.1. The summed E-state index contributed by atoms with van der Waals surface area (Å²) in [5.41, 5.74) is 5.95. The number of thiazole rings is 1. The van der Waals surface area contributed by atoms with Gasteiger partial charge < -0.3 is 26.6 Å². The molecule has 6 N–H and O–H groups in total. The number of hydrogen-bond acceptors (Lipinski definition) is 5. The van der Waals surface area contributed by atoms with Crippen LogP contribution in [0.5, 0.6) is 0 Å². The van der Waals surface area contributed by atoms with Crippen LogP contribution in [0.15, 0.2) is 35.5 Å². The van der Waals surface area contributed by atoms with Gasteiger partial charge in [0.05, 0.1) is 6.34 Å². The highest BCUT2D eigenvalue weighted by Crippen LogP contribution is 2.20. The maximum atomic E-state index is 11.0. The normalized spacial score (nSPS) is 9.96. The van der Waals surface area contributed by atoms with Gasteiger partial charge in [0.2, 0.25) is 5.91 Å². The van der Waals surface area contributed by atoms with Crippen LogP contribution in [-0.4, -0.2) is 39.6 Å². The highest BCUT2D eigenvalue weighted by molar-refractivity contribution is 7.15. The lowest BCUT2D eigenvalue weighted by Gasteiger charge is -2.03. The molecule has 3 amide bonds. The minimum Gasteiger partial charge on any atom is -0.465 e. The molecular formula is C16H19N5O5S. The highest BCUT2D eigenvalue weighted by Gasteiger charge is 2.04. The van der Waals surface area contributed by atoms with Gasteiger partial charge in [0.15, 0.2) is 5.13 Å². The van der Waals surface area contributed by atoms with E-state index in [0.717, 1.165) is 35.3 Å². The van der Waals surface area contributed by atoms with Crippen LogP contribution < -0.4 is 16.4 Å². The van der Waals surface area contributed by atoms with Crippen molar-refractivity contribution < 1.29 is 24.6 Å². The molecule has 0 spiro atoms. The number of hydrogen-bond donors (Lipinski definition) is 5. The molecule has 1 aromatic carbocycles. The fraction of sp³-hybridized carbons (Fsp3) is 0.188. The molecule has 27 heavy (non-hydrogen) atoms. The zero-order valence-corrected chi connectivity index (χ0v) is 15.2. The van der Waals surface area contributed by atoms with Crippen LogP contribution in [0.1, 0.15) is 17.4 Å². The lowest BCUT2D eigenvalue weighted by Crippen LogP contribution is -2.04. The van der Waals surface area contributed by atoms with E-state index < -0.39 is 12.2 Å². The molecule has 10 nitrogen and oxygen atoms in total. The molecule has 0 aliphatic carbocycles. The Bertz CT molecular complexity index is 800. The molecule has 2 rings (SSSR count). The van der Waals surface area contributed by atoms with Crippen molar-refractivity contribution in [1.29, 1.82) is 0 Å². The first-order valence-electron chi connectivity index (χ1n) is 7.58. The average Bonchev–Trinajstić information content (AvgIpc) is 3.00. The Morgan fingerprint density at radius 1 is 1.22 bits per heavy atom. The fourth-order valence-electron chi connectivity index (χ4n) is 1.83. The second-order valence-corrected chi connectivity index (χ2v) is 6.15. The Morgan fingerprint density at radius 3 is 2.41 bits per heavy atom. The zero-order chi connectivity index (χ0) is 20.2. The minimum absolute atomic E-state index is 0.125. The number of nitrogens with one attached hydrogen (secondary N) is 2. The molecule has 0 saturated heterocycles. The summed E-state index contributed by atoms with van der Waals surface area (Å²) in [5, 5.41) is 21.7. The topological polar surface area (TPSA) is 167 Å². The first-order chi connectivity index (χ1) is 12.8. The summed E-state index contributed by atoms with van der Waals surface area (Å²) in [5.74, 6) is -0.125. The summed E-state index contributed by atoms with van der Waals surface area (Å²) in [6.45, 7) is 1.46. The molecule has 1 aromatic heterocycles. The van der Waals surface area contributed by atoms with Gasteiger partial charge in [-0.05, 0) is 30.5 Å². The maximum absolute atomic E-state index is 11.0. The molecule has 0 aliphatic heterocycles. The predicted molar refractivity (Wildman–Crippen MR) is 103 cm³/mol. The van der Waals surface area contributed by atoms with Gasteiger partial charge in [0.1, 0.15) is 0 Å². The van der Waals surface area contributed by atoms with Gasteiger partial charge in [-0.1, -0.05) is 12.1 Å². The SMILES string of the molecule is CC(=O)Nc1ncc(CCc2ccc(NC=NC(=O)O)cc2)s1.NC(=O)O. The van der Waals surface area contributed by atoms with Crippen LogP contribution >= 0.6 is 11.3 Å². The van der Waals surface area contributed by atoms with Gasteiger partial charge in [-0.2, -0.15) is 4.99 Å². The molecule has 0 radical (unpaired) electrons. The third kappa shape index (κ3) is 10.2. The number of aliphatic imine (C=N–C) groups is 1. The Hall–Kier alpha value is -3.47. The summed E-state index contributed by atoms with van der Waals surface area (Å²) in [4.78, 5) is 38.4. The number of nitrogens with two attached hydrogens (primary N) is 1. The standard InChI is InChI=1S/C15H16N4O3S.CH3NO2/c1-10(20)19-14-16-8-13(23-14)7-4-11-2-5-12(6-3-11)17-9-18-15(21)22;2-1(3)4/h2-3,5-6,8-9H,4,7H2,1H3,(H,17,18)(H,21,22)(H,16,19,20);2H2,(H,3,4). The molecule has 11 heteroatoms. The number of anilines is 2. The number of aryl methyl sites for hydroxylation is 2. The number of carbonyl (C=O) groups excluding carboxylic acids is 1. The van der Waals surface area contributed by atoms with Crippen LogP contribution in [0.3, 0.4) is 0 Å². The van der Waals surface area contributed by atoms with Gasteiger partial charge in [0, 0.05) is 23.7 Å². The number of carboxylic acid groups (broad SMARTS) is 2. The third-order valence-corrected chi connectivity index (χ3v) is 3.83. The summed E-state index contributed by atoms with van der Waals surface area (Å²) < 4.78 is 0. The van der Waals surface area contributed by atoms with Crippen molar-refractivity contribution in [2.45, 2.75) is 19.8 Å². The van der Waals surface area contributed by atoms with Crippen molar-refractivity contribution in [3.05, 3.63) is 40.9 Å². The summed E-state index contributed by atoms with van der Waals surface area (Å²) >= 11 is 1.47. The average molecular weight is 393 g/mol. The molecule has 0 aliphatic rings. The number of rotatable bonds is 6. The Kier molecular flexibility index (Phi) is 8.95. The van der Waals surface area contributed by atoms with E-state index in [1.807, 2.05) is 24.3 Å². The van der Waals surface area contributed by atoms with E-state index in [2.05, 4.69) is 26.3 Å². The number of nitrogens with zero attached hydrogens (tertiary/aromatic N) is 2. The van der Waals surface area contributed by atoms with Crippen molar-refractivity contribution in [3.63, 3.8) is 0 Å². The van der Waals surface area contributed by atoms with E-state index >= 15 is 0 Å². The van der Waals surface area contributed by atoms with Crippen LogP contribution in [-0.2, 0) is 17.6 Å². The molecule has 1 heterocycles. The number of carbonyl (C=O) groups is 3. The van der Waals surface area contributed by atoms with Crippen molar-refractivity contribution in [1.82, 2.24) is 4.98 Å². The fourth-order valence-corrected chi connectivity index (χ4v) is 2.69. The van der Waals surface area contributed by atoms with Gasteiger partial charge in [0.25, 0.3) is 0 Å². The molecule has 0 saturated carbocycles. The van der Waals surface area contributed by atoms with Crippen molar-refractivity contribution in [2.75, 3.05) is 10.6 Å². The molecule has 0 bridgehead atoms. The lowest BCUT2D eigenvalue weighted by atomic mass is 10.1. The van der Waals surface area contributed by atoms with E-state index in [4.69, 9.17) is 15.0 Å². The van der Waals surface area contributed by atoms with Gasteiger partial charge in [-0.3, -0.25) is 4.79 Å². The number of aromatic nitrogens is 1. The monoisotopic (exact) mass is 393 g/mol. The van der Waals surface area contributed by atoms with Crippen LogP contribution in [0.2, 0.25) is 0 Å². The smallest absolute Gasteiger partial charge is 0.432 e. The van der Waals surface area contributed by atoms with Crippen molar-refractivity contribution in [2.24, 2.45) is 10.7 Å². The summed E-state index contributed by atoms with van der Waals surface area (Å²) in [6, 6.07) is 7.65. The first kappa shape index (κ1) is 21.6. The molecule has 2 aromatic rings. The Labute approximate surface area is 158 Å². The first-order valence-corrected chi connectivity index (χ1v) is 8.39. The number of amides is 3. The Balaban J connectivity index is 0.000000828. The molecular weight excluding hydrogens is 374 g/mol. The molecule has 144 valence electrons. The second kappa shape index (κ2) is 11.2. The Morgan fingerprint density at radius 2 is 1.85 bits per heavy atom. The van der Waals surface area contributed by atoms with Crippen molar-refractivity contribution >= 4 is 46.6 Å². The van der Waals surface area contributed by atoms with Crippen LogP contribution in [0.4, 0.5) is 20.4 Å². The number of benzene rings is 1. The second-order valence-electron chi connectivity index (χ2n) is 5.03. The summed E-state index contributed by atoms with van der Waals surface area (Å²) in [7, 11) is 0. The van der Waals surface area contributed by atoms with Gasteiger partial charge in [-0.15, -0.1) is 11.3 Å². The lowest BCUT2D eigenvalue weighted by molar-refractivity contribution is -0.114. The van der Waals surface area contributed by atoms with E-state index in [0.29, 0.717) is 5.13 Å². The minimum atomic E-state index is -1.33. The van der Waals surface area contributed by atoms with E-state index in [9.17, 15) is 9.59 Å². The largest absolute Gasteiger partial charge is 0.465 e. The molecule has 0 unspecified atom stereocenters. The molecule has 0 fully saturated rings. The van der Waals surface area contributed by atoms with Crippen LogP contribution in [0.25, 0.3) is 0 Å². The van der Waals surface area contributed by atoms with E-state index in [1.165, 1.54) is 18.3 Å². The van der Waals surface area contributed by atoms with E-state index in [-0.39, 0.29) is 5.91 Å². The van der Waals surface area contributed by atoms with Gasteiger partial charge in [-0.25, -0.2) is 14.6 Å². The quantitative estimate of drug-likeness (QED) is 0.371. The van der Waals surface area contributed by atoms with E-state index in [1.54, 1.807) is 6.20 Å². The van der Waals surface area contributed by atoms with Gasteiger partial charge >= 0.3 is 12.2 Å². The number of primary amides is 1. The maximum Gasteiger partial charge on any atom is 0.432 e. The molecule has 0 atom stereocenters. The summed E-state index contributed by atoms with van der Waals surface area (Å²) in [6.07, 6.45) is 2.03. The third-order valence-electron chi connectivity index (χ3n) is 2.86. The predicted octanol–water partition coefficient (Wildman–Crippen LogP) is 2.63. The van der Waals surface area contributed by atoms with Crippen molar-refractivity contribution in [3.8, 4) is 0 Å². The zero-order valence-electron chi connectivity index (χ0n) is 14.4.